The molecule has 6 aromatic carbocycles. The van der Waals surface area contributed by atoms with E-state index in [4.69, 9.17) is 14.2 Å². The summed E-state index contributed by atoms with van der Waals surface area (Å²) in [5.41, 5.74) is 2.41. The number of rotatable bonds is 26. The van der Waals surface area contributed by atoms with Gasteiger partial charge in [-0.25, -0.2) is 4.39 Å². The Labute approximate surface area is 583 Å². The smallest absolute Gasteiger partial charge is 0.416 e. The van der Waals surface area contributed by atoms with Gasteiger partial charge in [-0.15, -0.1) is 0 Å². The molecule has 6 aromatic rings. The first-order valence-corrected chi connectivity index (χ1v) is 34.8. The van der Waals surface area contributed by atoms with E-state index in [0.29, 0.717) is 75.2 Å². The lowest BCUT2D eigenvalue weighted by atomic mass is 9.72. The van der Waals surface area contributed by atoms with Crippen LogP contribution in [0.1, 0.15) is 132 Å². The monoisotopic (exact) mass is 1390 g/mol. The van der Waals surface area contributed by atoms with Crippen molar-refractivity contribution in [2.75, 3.05) is 118 Å². The molecule has 4 aliphatic rings. The highest BCUT2D eigenvalue weighted by molar-refractivity contribution is 5.95. The van der Waals surface area contributed by atoms with Crippen LogP contribution in [0, 0.1) is 5.82 Å². The van der Waals surface area contributed by atoms with Gasteiger partial charge >= 0.3 is 18.3 Å². The molecule has 0 bridgehead atoms. The van der Waals surface area contributed by atoms with Gasteiger partial charge in [0.1, 0.15) is 30.9 Å². The molecule has 22 heteroatoms. The second kappa shape index (κ2) is 34.5. The van der Waals surface area contributed by atoms with Gasteiger partial charge < -0.3 is 48.5 Å². The molecule has 0 unspecified atom stereocenters. The number of carbonyl (C=O) groups is 5. The number of likely N-dealkylation sites (tertiary alicyclic amines) is 2. The molecule has 3 heterocycles. The first kappa shape index (κ1) is 76.0. The van der Waals surface area contributed by atoms with Crippen LogP contribution in [0.5, 0.6) is 0 Å². The highest BCUT2D eigenvalue weighted by Gasteiger charge is 2.50. The minimum Gasteiger partial charge on any atom is -0.462 e. The summed E-state index contributed by atoms with van der Waals surface area (Å²) in [6.07, 6.45) is -1.75. The number of piperidine rings is 2. The van der Waals surface area contributed by atoms with Crippen molar-refractivity contribution in [3.63, 3.8) is 0 Å². The molecule has 3 aliphatic heterocycles. The highest BCUT2D eigenvalue weighted by Crippen LogP contribution is 2.48. The van der Waals surface area contributed by atoms with Crippen molar-refractivity contribution in [1.82, 2.24) is 29.4 Å². The summed E-state index contributed by atoms with van der Waals surface area (Å²) in [7, 11) is 7.53. The molecule has 2 atom stereocenters. The number of hydrogen-bond donors (Lipinski definition) is 0. The van der Waals surface area contributed by atoms with E-state index in [1.165, 1.54) is 35.4 Å². The molecule has 0 N–H and O–H groups in total. The number of unbranched alkanes of at least 4 members (excludes halogenated alkanes) is 2. The summed E-state index contributed by atoms with van der Waals surface area (Å²) in [5, 5.41) is 0. The van der Waals surface area contributed by atoms with Gasteiger partial charge in [-0.2, -0.15) is 26.3 Å². The minimum absolute atomic E-state index is 0.0147. The summed E-state index contributed by atoms with van der Waals surface area (Å²) in [4.78, 5) is 77.5. The van der Waals surface area contributed by atoms with Crippen LogP contribution >= 0.6 is 0 Å². The fourth-order valence-corrected chi connectivity index (χ4v) is 14.0. The molecule has 1 aliphatic carbocycles. The molecule has 4 amide bonds. The van der Waals surface area contributed by atoms with Gasteiger partial charge in [0.25, 0.3) is 11.8 Å². The summed E-state index contributed by atoms with van der Waals surface area (Å²) < 4.78 is 114. The van der Waals surface area contributed by atoms with Crippen molar-refractivity contribution in [3.8, 4) is 11.1 Å². The van der Waals surface area contributed by atoms with Crippen molar-refractivity contribution in [1.29, 1.82) is 0 Å². The van der Waals surface area contributed by atoms with E-state index in [1.807, 2.05) is 98.7 Å². The van der Waals surface area contributed by atoms with Crippen LogP contribution in [-0.4, -0.2) is 185 Å². The predicted molar refractivity (Wildman–Crippen MR) is 371 cm³/mol. The number of hydrogen-bond acceptors (Lipinski definition) is 11. The lowest BCUT2D eigenvalue weighted by molar-refractivity contribution is -0.150. The van der Waals surface area contributed by atoms with E-state index in [0.717, 1.165) is 111 Å². The Morgan fingerprint density at radius 2 is 1.30 bits per heavy atom. The van der Waals surface area contributed by atoms with Crippen LogP contribution < -0.4 is 4.90 Å². The number of likely N-dealkylation sites (N-methyl/N-ethyl adjacent to an activating group) is 2. The molecule has 100 heavy (non-hydrogen) atoms. The molecule has 0 saturated carbocycles. The lowest BCUT2D eigenvalue weighted by Crippen LogP contribution is -2.49. The van der Waals surface area contributed by atoms with Crippen molar-refractivity contribution in [3.05, 3.63) is 196 Å². The summed E-state index contributed by atoms with van der Waals surface area (Å²) in [6, 6.07) is 40.5. The van der Waals surface area contributed by atoms with E-state index in [-0.39, 0.29) is 67.0 Å². The fourth-order valence-electron chi connectivity index (χ4n) is 14.0. The second-order valence-corrected chi connectivity index (χ2v) is 26.9. The number of carbonyl (C=O) groups excluding carboxylic acids is 5. The maximum Gasteiger partial charge on any atom is 0.416 e. The maximum atomic E-state index is 14.0. The van der Waals surface area contributed by atoms with Crippen molar-refractivity contribution in [2.24, 2.45) is 0 Å². The molecule has 3 fully saturated rings. The average molecular weight is 1390 g/mol. The summed E-state index contributed by atoms with van der Waals surface area (Å²) >= 11 is 0. The van der Waals surface area contributed by atoms with Crippen molar-refractivity contribution in [2.45, 2.75) is 126 Å². The van der Waals surface area contributed by atoms with Crippen LogP contribution in [0.2, 0.25) is 0 Å². The Morgan fingerprint density at radius 1 is 0.640 bits per heavy atom. The maximum absolute atomic E-state index is 14.0. The Kier molecular flexibility index (Phi) is 26.2. The van der Waals surface area contributed by atoms with Gasteiger partial charge in [0.05, 0.1) is 30.2 Å². The zero-order chi connectivity index (χ0) is 71.8. The van der Waals surface area contributed by atoms with E-state index >= 15 is 0 Å². The summed E-state index contributed by atoms with van der Waals surface area (Å²) in [6.45, 7) is 10.7. The van der Waals surface area contributed by atoms with Crippen molar-refractivity contribution >= 4 is 35.3 Å². The van der Waals surface area contributed by atoms with Gasteiger partial charge in [0, 0.05) is 109 Å². The largest absolute Gasteiger partial charge is 0.462 e. The lowest BCUT2D eigenvalue weighted by Gasteiger charge is -2.44. The molecule has 1 spiro atoms. The molecule has 538 valence electrons. The average Bonchev–Trinajstić information content (AvgIpc) is 1.54. The number of anilines is 1. The number of ether oxygens (including phenoxy) is 3. The number of alkyl halides is 6. The molecule has 3 saturated heterocycles. The van der Waals surface area contributed by atoms with Gasteiger partial charge in [0.2, 0.25) is 11.8 Å². The van der Waals surface area contributed by atoms with E-state index in [1.54, 1.807) is 16.8 Å². The second-order valence-electron chi connectivity index (χ2n) is 26.9. The van der Waals surface area contributed by atoms with Crippen LogP contribution in [0.3, 0.4) is 0 Å². The zero-order valence-corrected chi connectivity index (χ0v) is 58.2. The number of esters is 1. The van der Waals surface area contributed by atoms with E-state index < -0.39 is 53.1 Å². The molecule has 15 nitrogen and oxygen atoms in total. The number of amides is 4. The number of nitrogens with zero attached hydrogens (tertiary/aromatic N) is 7. The van der Waals surface area contributed by atoms with Crippen LogP contribution in [0.25, 0.3) is 11.1 Å². The Hall–Kier alpha value is -8.18. The van der Waals surface area contributed by atoms with Crippen molar-refractivity contribution < 1.29 is 68.9 Å². The Balaban J connectivity index is 0.000000234. The first-order valence-electron chi connectivity index (χ1n) is 34.8. The van der Waals surface area contributed by atoms with Gasteiger partial charge in [0.15, 0.2) is 0 Å². The van der Waals surface area contributed by atoms with Gasteiger partial charge in [-0.1, -0.05) is 110 Å². The minimum atomic E-state index is -5.11. The highest BCUT2D eigenvalue weighted by atomic mass is 19.4. The van der Waals surface area contributed by atoms with Crippen LogP contribution in [0.15, 0.2) is 146 Å². The normalized spacial score (nSPS) is 17.9. The number of halogens is 7. The van der Waals surface area contributed by atoms with Crippen LogP contribution in [0.4, 0.5) is 36.4 Å². The quantitative estimate of drug-likeness (QED) is 0.0292. The SMILES string of the molecule is CCCN(C)C(=O)c1cccc(N(C)CCCCCC(=O)N(C)CCN2CCC(OC(=O)Cc3ccccc3-c3ccccc3)CC2)c1.CCN(C)C(=O)CO[C@H]1Cc2ccccc2C12CCN(CC[C@@]1(c3ccc(F)cc3)CN(C(=O)c3cc(C(F)(F)F)cc(C(F)(F)F)c3)CO1)CC2. The molecular formula is C78H94F7N7O8. The molecule has 10 rings (SSSR count). The zero-order valence-electron chi connectivity index (χ0n) is 58.2. The third-order valence-electron chi connectivity index (χ3n) is 20.2. The van der Waals surface area contributed by atoms with E-state index in [2.05, 4.69) is 59.0 Å². The van der Waals surface area contributed by atoms with E-state index in [9.17, 15) is 54.7 Å². The Morgan fingerprint density at radius 3 is 1.98 bits per heavy atom. The Bertz CT molecular complexity index is 3680. The van der Waals surface area contributed by atoms with Gasteiger partial charge in [-0.05, 0) is 160 Å². The molecule has 0 aromatic heterocycles. The predicted octanol–water partition coefficient (Wildman–Crippen LogP) is 13.6. The fraction of sp³-hybridized carbons (Fsp3) is 0.474. The standard InChI is InChI=1S/C40H54N4O4.C38H40F7N3O4/c1-5-24-43(4)40(47)34-18-14-19-35(30-34)41(2)25-13-7-10-21-38(45)42(3)28-29-44-26-22-36(23-27-44)48-39(46)31-33-17-11-12-20-37(33)32-15-8-6-9-16-32;1-3-46(2)33(49)22-51-32-20-25-6-4-5-7-31(25)35(32)12-15-47(16-13-35)17-14-36(27-8-10-30(39)11-9-27)23-48(24-52-36)34(50)26-18-28(37(40,41)42)21-29(19-26)38(43,44)45/h6,8-9,11-12,14-20,30,36H,5,7,10,13,21-29,31H2,1-4H3;4-11,18-19,21,32H,3,12-17,20,22-24H2,1-2H3/t;32-,36-/m.0/s1. The molecular weight excluding hydrogens is 1300 g/mol. The summed E-state index contributed by atoms with van der Waals surface area (Å²) in [5.74, 6) is -1.58. The third-order valence-corrected chi connectivity index (χ3v) is 20.2. The molecule has 0 radical (unpaired) electrons. The van der Waals surface area contributed by atoms with Crippen LogP contribution in [-0.2, 0) is 64.8 Å². The number of benzene rings is 6. The number of fused-ring (bicyclic) bond motifs is 2. The first-order chi connectivity index (χ1) is 47.8. The third kappa shape index (κ3) is 19.7. The van der Waals surface area contributed by atoms with Gasteiger partial charge in [-0.3, -0.25) is 24.0 Å². The topological polar surface area (TPSA) is 136 Å².